The molecule has 1 rings (SSSR count). The predicted octanol–water partition coefficient (Wildman–Crippen LogP) is 1.20. The molecule has 0 aliphatic heterocycles. The monoisotopic (exact) mass is 214 g/mol. The summed E-state index contributed by atoms with van der Waals surface area (Å²) in [6.07, 6.45) is 5.25. The van der Waals surface area contributed by atoms with E-state index in [0.29, 0.717) is 18.6 Å². The number of aliphatic hydroxyl groups excluding tert-OH is 1. The number of nitrogens with zero attached hydrogens (tertiary/aromatic N) is 1. The molecule has 1 aliphatic carbocycles. The number of nitrogens with one attached hydrogen (secondary N) is 1. The van der Waals surface area contributed by atoms with Crippen molar-refractivity contribution < 1.29 is 9.90 Å². The molecule has 1 aliphatic rings. The second-order valence-electron chi connectivity index (χ2n) is 4.57. The van der Waals surface area contributed by atoms with Gasteiger partial charge in [-0.05, 0) is 38.0 Å². The Morgan fingerprint density at radius 1 is 1.33 bits per heavy atom. The first kappa shape index (κ1) is 12.3. The van der Waals surface area contributed by atoms with Gasteiger partial charge in [-0.25, -0.2) is 4.79 Å². The third-order valence-corrected chi connectivity index (χ3v) is 3.12. The van der Waals surface area contributed by atoms with E-state index in [2.05, 4.69) is 5.32 Å². The lowest BCUT2D eigenvalue weighted by Gasteiger charge is -2.29. The van der Waals surface area contributed by atoms with Gasteiger partial charge >= 0.3 is 6.03 Å². The summed E-state index contributed by atoms with van der Waals surface area (Å²) < 4.78 is 0. The maximum atomic E-state index is 11.4. The van der Waals surface area contributed by atoms with Gasteiger partial charge in [0.15, 0.2) is 0 Å². The Labute approximate surface area is 91.6 Å². The summed E-state index contributed by atoms with van der Waals surface area (Å²) in [5.41, 5.74) is 0. The lowest BCUT2D eigenvalue weighted by molar-refractivity contribution is 0.194. The van der Waals surface area contributed by atoms with Crippen molar-refractivity contribution in [2.24, 2.45) is 5.92 Å². The van der Waals surface area contributed by atoms with Gasteiger partial charge in [0.2, 0.25) is 0 Å². The lowest BCUT2D eigenvalue weighted by Crippen LogP contribution is -2.43. The minimum Gasteiger partial charge on any atom is -0.396 e. The fraction of sp³-hybridized carbons (Fsp3) is 0.909. The fourth-order valence-corrected chi connectivity index (χ4v) is 2.08. The topological polar surface area (TPSA) is 52.6 Å². The van der Waals surface area contributed by atoms with Gasteiger partial charge < -0.3 is 15.3 Å². The molecule has 0 unspecified atom stereocenters. The van der Waals surface area contributed by atoms with Crippen molar-refractivity contribution in [3.05, 3.63) is 0 Å². The van der Waals surface area contributed by atoms with E-state index in [1.165, 1.54) is 0 Å². The summed E-state index contributed by atoms with van der Waals surface area (Å²) in [6.45, 7) is 0.291. The molecule has 2 amide bonds. The zero-order chi connectivity index (χ0) is 11.3. The minimum atomic E-state index is 0.000563. The van der Waals surface area contributed by atoms with Crippen LogP contribution in [0.15, 0.2) is 0 Å². The van der Waals surface area contributed by atoms with Crippen LogP contribution in [0.4, 0.5) is 4.79 Å². The smallest absolute Gasteiger partial charge is 0.317 e. The van der Waals surface area contributed by atoms with Gasteiger partial charge in [0, 0.05) is 26.7 Å². The highest BCUT2D eigenvalue weighted by atomic mass is 16.3. The van der Waals surface area contributed by atoms with Crippen molar-refractivity contribution in [2.45, 2.75) is 38.1 Å². The first-order valence-corrected chi connectivity index (χ1v) is 5.72. The molecular formula is C11H22N2O2. The summed E-state index contributed by atoms with van der Waals surface area (Å²) in [7, 11) is 3.51. The highest BCUT2D eigenvalue weighted by Crippen LogP contribution is 2.26. The van der Waals surface area contributed by atoms with Gasteiger partial charge in [-0.15, -0.1) is 0 Å². The Morgan fingerprint density at radius 3 is 2.40 bits per heavy atom. The molecule has 0 bridgehead atoms. The minimum absolute atomic E-state index is 0.000563. The van der Waals surface area contributed by atoms with E-state index in [9.17, 15) is 4.79 Å². The van der Waals surface area contributed by atoms with Crippen molar-refractivity contribution in [1.29, 1.82) is 0 Å². The molecule has 0 aromatic heterocycles. The second kappa shape index (κ2) is 5.95. The van der Waals surface area contributed by atoms with Crippen LogP contribution in [0.2, 0.25) is 0 Å². The van der Waals surface area contributed by atoms with Gasteiger partial charge in [0.1, 0.15) is 0 Å². The number of hydrogen-bond acceptors (Lipinski definition) is 2. The Balaban J connectivity index is 2.22. The van der Waals surface area contributed by atoms with E-state index in [-0.39, 0.29) is 6.03 Å². The van der Waals surface area contributed by atoms with Crippen LogP contribution in [0.1, 0.15) is 32.1 Å². The molecule has 1 saturated carbocycles. The van der Waals surface area contributed by atoms with E-state index in [0.717, 1.165) is 32.1 Å². The van der Waals surface area contributed by atoms with E-state index >= 15 is 0 Å². The van der Waals surface area contributed by atoms with E-state index in [1.807, 2.05) is 0 Å². The highest BCUT2D eigenvalue weighted by molar-refractivity contribution is 5.73. The number of aliphatic hydroxyl groups is 1. The van der Waals surface area contributed by atoms with Crippen molar-refractivity contribution >= 4 is 6.03 Å². The molecule has 0 radical (unpaired) electrons. The quantitative estimate of drug-likeness (QED) is 0.741. The number of hydrogen-bond donors (Lipinski definition) is 2. The molecule has 0 saturated heterocycles. The fourth-order valence-electron chi connectivity index (χ4n) is 2.08. The van der Waals surface area contributed by atoms with Gasteiger partial charge in [-0.1, -0.05) is 0 Å². The second-order valence-corrected chi connectivity index (χ2v) is 4.57. The van der Waals surface area contributed by atoms with Crippen LogP contribution in [-0.2, 0) is 0 Å². The van der Waals surface area contributed by atoms with Crippen molar-refractivity contribution in [1.82, 2.24) is 10.2 Å². The average Bonchev–Trinajstić information content (AvgIpc) is 2.21. The number of amides is 2. The normalized spacial score (nSPS) is 26.1. The summed E-state index contributed by atoms with van der Waals surface area (Å²) in [4.78, 5) is 13.0. The van der Waals surface area contributed by atoms with Gasteiger partial charge in [-0.2, -0.15) is 0 Å². The Bertz CT molecular complexity index is 199. The summed E-state index contributed by atoms with van der Waals surface area (Å²) in [6, 6.07) is 0.329. The van der Waals surface area contributed by atoms with Crippen LogP contribution in [0.3, 0.4) is 0 Å². The molecule has 0 aromatic carbocycles. The predicted molar refractivity (Wildman–Crippen MR) is 59.7 cm³/mol. The molecule has 2 N–H and O–H groups in total. The SMILES string of the molecule is CN(C)C(=O)N[C@H]1CC[C@H](CCO)CC1. The molecule has 0 heterocycles. The highest BCUT2D eigenvalue weighted by Gasteiger charge is 2.22. The summed E-state index contributed by atoms with van der Waals surface area (Å²) in [5.74, 6) is 0.655. The Hall–Kier alpha value is -0.770. The molecule has 15 heavy (non-hydrogen) atoms. The van der Waals surface area contributed by atoms with Crippen LogP contribution in [0.25, 0.3) is 0 Å². The first-order valence-electron chi connectivity index (χ1n) is 5.72. The maximum absolute atomic E-state index is 11.4. The van der Waals surface area contributed by atoms with Crippen LogP contribution in [0.5, 0.6) is 0 Å². The van der Waals surface area contributed by atoms with Crippen molar-refractivity contribution in [3.8, 4) is 0 Å². The molecule has 1 fully saturated rings. The van der Waals surface area contributed by atoms with Crippen molar-refractivity contribution in [3.63, 3.8) is 0 Å². The third kappa shape index (κ3) is 4.08. The number of urea groups is 1. The summed E-state index contributed by atoms with van der Waals surface area (Å²) >= 11 is 0. The van der Waals surface area contributed by atoms with Crippen LogP contribution in [-0.4, -0.2) is 42.8 Å². The van der Waals surface area contributed by atoms with Crippen molar-refractivity contribution in [2.75, 3.05) is 20.7 Å². The van der Waals surface area contributed by atoms with E-state index in [1.54, 1.807) is 19.0 Å². The number of rotatable bonds is 3. The third-order valence-electron chi connectivity index (χ3n) is 3.12. The lowest BCUT2D eigenvalue weighted by atomic mass is 9.84. The number of carbonyl (C=O) groups excluding carboxylic acids is 1. The molecule has 4 heteroatoms. The molecule has 88 valence electrons. The summed E-state index contributed by atoms with van der Waals surface area (Å²) in [5, 5.41) is 11.8. The molecule has 0 spiro atoms. The maximum Gasteiger partial charge on any atom is 0.317 e. The van der Waals surface area contributed by atoms with Crippen LogP contribution in [0, 0.1) is 5.92 Å². The van der Waals surface area contributed by atoms with Crippen LogP contribution < -0.4 is 5.32 Å². The van der Waals surface area contributed by atoms with Crippen LogP contribution >= 0.6 is 0 Å². The van der Waals surface area contributed by atoms with Gasteiger partial charge in [0.25, 0.3) is 0 Å². The molecular weight excluding hydrogens is 192 g/mol. The largest absolute Gasteiger partial charge is 0.396 e. The number of carbonyl (C=O) groups is 1. The van der Waals surface area contributed by atoms with E-state index in [4.69, 9.17) is 5.11 Å². The average molecular weight is 214 g/mol. The Morgan fingerprint density at radius 2 is 1.93 bits per heavy atom. The molecule has 0 atom stereocenters. The standard InChI is InChI=1S/C11H22N2O2/c1-13(2)11(15)12-10-5-3-9(4-6-10)7-8-14/h9-10,14H,3-8H2,1-2H3,(H,12,15)/t9-,10-. The zero-order valence-corrected chi connectivity index (χ0v) is 9.70. The zero-order valence-electron chi connectivity index (χ0n) is 9.70. The van der Waals surface area contributed by atoms with Gasteiger partial charge in [0.05, 0.1) is 0 Å². The molecule has 0 aromatic rings. The van der Waals surface area contributed by atoms with Gasteiger partial charge in [-0.3, -0.25) is 0 Å². The first-order chi connectivity index (χ1) is 7.13. The van der Waals surface area contributed by atoms with E-state index < -0.39 is 0 Å². The Kier molecular flexibility index (Phi) is 4.88. The molecule has 4 nitrogen and oxygen atoms in total.